The molecule has 0 aromatic heterocycles. The Bertz CT molecular complexity index is 817. The minimum absolute atomic E-state index is 0.0240. The Hall–Kier alpha value is -2.90. The minimum Gasteiger partial charge on any atom is -0.326 e. The van der Waals surface area contributed by atoms with Crippen molar-refractivity contribution in [1.82, 2.24) is 0 Å². The Kier molecular flexibility index (Phi) is 4.67. The first-order valence-electron chi connectivity index (χ1n) is 7.78. The fourth-order valence-electron chi connectivity index (χ4n) is 2.74. The normalized spacial score (nSPS) is 17.5. The monoisotopic (exact) mass is 366 g/mol. The summed E-state index contributed by atoms with van der Waals surface area (Å²) in [7, 11) is 0. The van der Waals surface area contributed by atoms with Gasteiger partial charge < -0.3 is 10.2 Å². The van der Waals surface area contributed by atoms with Crippen LogP contribution in [0, 0.1) is 11.7 Å². The Labute approximate surface area is 146 Å². The van der Waals surface area contributed by atoms with Crippen molar-refractivity contribution in [1.29, 1.82) is 0 Å². The van der Waals surface area contributed by atoms with E-state index in [1.165, 1.54) is 29.2 Å². The summed E-state index contributed by atoms with van der Waals surface area (Å²) in [4.78, 5) is 25.8. The highest BCUT2D eigenvalue weighted by atomic mass is 19.4. The lowest BCUT2D eigenvalue weighted by Crippen LogP contribution is -2.28. The molecule has 2 aromatic rings. The van der Waals surface area contributed by atoms with Crippen LogP contribution in [0.5, 0.6) is 0 Å². The van der Waals surface area contributed by atoms with Gasteiger partial charge >= 0.3 is 6.18 Å². The summed E-state index contributed by atoms with van der Waals surface area (Å²) < 4.78 is 50.6. The van der Waals surface area contributed by atoms with Crippen LogP contribution in [0.1, 0.15) is 12.0 Å². The number of carbonyl (C=O) groups excluding carboxylic acids is 2. The van der Waals surface area contributed by atoms with Gasteiger partial charge in [0.05, 0.1) is 11.5 Å². The molecule has 1 N–H and O–H groups in total. The number of rotatable bonds is 3. The molecule has 0 aliphatic carbocycles. The molecule has 8 heteroatoms. The van der Waals surface area contributed by atoms with Gasteiger partial charge in [0.25, 0.3) is 0 Å². The van der Waals surface area contributed by atoms with E-state index in [0.717, 1.165) is 24.3 Å². The number of halogens is 4. The Morgan fingerprint density at radius 2 is 1.65 bits per heavy atom. The van der Waals surface area contributed by atoms with Crippen LogP contribution >= 0.6 is 0 Å². The van der Waals surface area contributed by atoms with Crippen LogP contribution in [0.2, 0.25) is 0 Å². The van der Waals surface area contributed by atoms with Gasteiger partial charge in [-0.05, 0) is 48.5 Å². The summed E-state index contributed by atoms with van der Waals surface area (Å²) in [6, 6.07) is 9.41. The lowest BCUT2D eigenvalue weighted by atomic mass is 10.1. The van der Waals surface area contributed by atoms with Crippen molar-refractivity contribution in [3.8, 4) is 0 Å². The van der Waals surface area contributed by atoms with Crippen LogP contribution in [-0.4, -0.2) is 18.4 Å². The first kappa shape index (κ1) is 17.9. The largest absolute Gasteiger partial charge is 0.416 e. The second kappa shape index (κ2) is 6.78. The topological polar surface area (TPSA) is 49.4 Å². The summed E-state index contributed by atoms with van der Waals surface area (Å²) in [6.45, 7) is 0.122. The smallest absolute Gasteiger partial charge is 0.326 e. The van der Waals surface area contributed by atoms with Gasteiger partial charge in [0.2, 0.25) is 11.8 Å². The summed E-state index contributed by atoms with van der Waals surface area (Å²) in [6.07, 6.45) is -4.47. The maximum Gasteiger partial charge on any atom is 0.416 e. The molecule has 4 nitrogen and oxygen atoms in total. The number of carbonyl (C=O) groups is 2. The Morgan fingerprint density at radius 3 is 2.23 bits per heavy atom. The summed E-state index contributed by atoms with van der Waals surface area (Å²) in [5, 5.41) is 2.52. The molecule has 26 heavy (non-hydrogen) atoms. The van der Waals surface area contributed by atoms with Crippen LogP contribution in [0.3, 0.4) is 0 Å². The summed E-state index contributed by atoms with van der Waals surface area (Å²) in [5.74, 6) is -1.81. The molecule has 0 spiro atoms. The van der Waals surface area contributed by atoms with Gasteiger partial charge in [0.1, 0.15) is 5.82 Å². The molecule has 0 saturated carbocycles. The number of alkyl halides is 3. The third-order valence-corrected chi connectivity index (χ3v) is 4.11. The van der Waals surface area contributed by atoms with Crippen molar-refractivity contribution in [3.63, 3.8) is 0 Å². The van der Waals surface area contributed by atoms with E-state index in [1.54, 1.807) is 0 Å². The molecule has 136 valence electrons. The van der Waals surface area contributed by atoms with Gasteiger partial charge in [0.15, 0.2) is 0 Å². The molecule has 2 aromatic carbocycles. The third-order valence-electron chi connectivity index (χ3n) is 4.11. The number of hydrogen-bond donors (Lipinski definition) is 1. The van der Waals surface area contributed by atoms with Crippen LogP contribution in [0.25, 0.3) is 0 Å². The molecule has 0 bridgehead atoms. The highest BCUT2D eigenvalue weighted by Crippen LogP contribution is 2.30. The minimum atomic E-state index is -4.45. The number of hydrogen-bond acceptors (Lipinski definition) is 2. The van der Waals surface area contributed by atoms with Gasteiger partial charge in [-0.3, -0.25) is 9.59 Å². The molecule has 1 unspecified atom stereocenters. The van der Waals surface area contributed by atoms with E-state index in [1.807, 2.05) is 0 Å². The van der Waals surface area contributed by atoms with E-state index in [9.17, 15) is 27.2 Å². The molecule has 0 radical (unpaired) electrons. The lowest BCUT2D eigenvalue weighted by Gasteiger charge is -2.16. The fourth-order valence-corrected chi connectivity index (χ4v) is 2.74. The maximum atomic E-state index is 13.0. The summed E-state index contributed by atoms with van der Waals surface area (Å²) >= 11 is 0. The van der Waals surface area contributed by atoms with Gasteiger partial charge in [-0.1, -0.05) is 0 Å². The predicted molar refractivity (Wildman–Crippen MR) is 86.9 cm³/mol. The molecule has 1 fully saturated rings. The molecule has 1 saturated heterocycles. The zero-order valence-corrected chi connectivity index (χ0v) is 13.4. The number of nitrogens with one attached hydrogen (secondary N) is 1. The van der Waals surface area contributed by atoms with E-state index >= 15 is 0 Å². The number of anilines is 2. The van der Waals surface area contributed by atoms with E-state index in [0.29, 0.717) is 5.69 Å². The van der Waals surface area contributed by atoms with Crippen LogP contribution in [0.15, 0.2) is 48.5 Å². The van der Waals surface area contributed by atoms with Crippen molar-refractivity contribution >= 4 is 23.2 Å². The highest BCUT2D eigenvalue weighted by Gasteiger charge is 2.35. The number of amides is 2. The maximum absolute atomic E-state index is 13.0. The van der Waals surface area contributed by atoms with E-state index in [2.05, 4.69) is 5.32 Å². The van der Waals surface area contributed by atoms with Gasteiger partial charge in [0, 0.05) is 24.3 Å². The molecule has 1 atom stereocenters. The van der Waals surface area contributed by atoms with Gasteiger partial charge in [-0.25, -0.2) is 4.39 Å². The standard InChI is InChI=1S/C18H14F4N2O2/c19-13-3-7-15(8-4-13)24-10-11(9-16(24)25)17(26)23-14-5-1-12(2-6-14)18(20,21)22/h1-8,11H,9-10H2,(H,23,26). The molecule has 1 aliphatic rings. The van der Waals surface area contributed by atoms with Gasteiger partial charge in [-0.15, -0.1) is 0 Å². The van der Waals surface area contributed by atoms with Crippen molar-refractivity contribution in [2.45, 2.75) is 12.6 Å². The predicted octanol–water partition coefficient (Wildman–Crippen LogP) is 3.84. The van der Waals surface area contributed by atoms with Crippen molar-refractivity contribution in [2.24, 2.45) is 5.92 Å². The van der Waals surface area contributed by atoms with Crippen molar-refractivity contribution in [3.05, 3.63) is 59.9 Å². The number of nitrogens with zero attached hydrogens (tertiary/aromatic N) is 1. The van der Waals surface area contributed by atoms with E-state index < -0.39 is 29.4 Å². The van der Waals surface area contributed by atoms with Crippen LogP contribution < -0.4 is 10.2 Å². The van der Waals surface area contributed by atoms with E-state index in [-0.39, 0.29) is 24.6 Å². The number of benzene rings is 2. The summed E-state index contributed by atoms with van der Waals surface area (Å²) in [5.41, 5.74) is -0.106. The zero-order chi connectivity index (χ0) is 18.9. The fraction of sp³-hybridized carbons (Fsp3) is 0.222. The van der Waals surface area contributed by atoms with Crippen molar-refractivity contribution < 1.29 is 27.2 Å². The second-order valence-electron chi connectivity index (χ2n) is 5.95. The lowest BCUT2D eigenvalue weighted by molar-refractivity contribution is -0.137. The Morgan fingerprint density at radius 1 is 1.04 bits per heavy atom. The van der Waals surface area contributed by atoms with Gasteiger partial charge in [-0.2, -0.15) is 13.2 Å². The molecule has 2 amide bonds. The third kappa shape index (κ3) is 3.84. The highest BCUT2D eigenvalue weighted by molar-refractivity contribution is 6.03. The molecular weight excluding hydrogens is 352 g/mol. The van der Waals surface area contributed by atoms with E-state index in [4.69, 9.17) is 0 Å². The average molecular weight is 366 g/mol. The van der Waals surface area contributed by atoms with Crippen molar-refractivity contribution in [2.75, 3.05) is 16.8 Å². The Balaban J connectivity index is 1.65. The average Bonchev–Trinajstić information content (AvgIpc) is 2.97. The second-order valence-corrected chi connectivity index (χ2v) is 5.95. The molecule has 3 rings (SSSR count). The molecule has 1 aliphatic heterocycles. The quantitative estimate of drug-likeness (QED) is 0.840. The van der Waals surface area contributed by atoms with Crippen LogP contribution in [0.4, 0.5) is 28.9 Å². The SMILES string of the molecule is O=C(Nc1ccc(C(F)(F)F)cc1)C1CC(=O)N(c2ccc(F)cc2)C1. The molecule has 1 heterocycles. The zero-order valence-electron chi connectivity index (χ0n) is 13.4. The first-order valence-corrected chi connectivity index (χ1v) is 7.78. The molecular formula is C18H14F4N2O2. The first-order chi connectivity index (χ1) is 12.2. The van der Waals surface area contributed by atoms with Crippen LogP contribution in [-0.2, 0) is 15.8 Å².